The Morgan fingerprint density at radius 1 is 1.03 bits per heavy atom. The van der Waals surface area contributed by atoms with Crippen molar-refractivity contribution in [2.24, 2.45) is 0 Å². The molecule has 0 aliphatic rings. The summed E-state index contributed by atoms with van der Waals surface area (Å²) in [7, 11) is 1.21. The number of aromatic nitrogens is 2. The fraction of sp³-hybridized carbons (Fsp3) is 0.148. The van der Waals surface area contributed by atoms with Crippen LogP contribution in [0.3, 0.4) is 0 Å². The number of halogens is 1. The minimum absolute atomic E-state index is 0.0271. The molecule has 0 aliphatic heterocycles. The van der Waals surface area contributed by atoms with Crippen LogP contribution < -0.4 is 15.4 Å². The van der Waals surface area contributed by atoms with Crippen molar-refractivity contribution in [3.05, 3.63) is 95.1 Å². The molecule has 0 atom stereocenters. The monoisotopic (exact) mass is 502 g/mol. The number of carbonyl (C=O) groups excluding carboxylic acids is 3. The smallest absolute Gasteiger partial charge is 0.360 e. The summed E-state index contributed by atoms with van der Waals surface area (Å²) in [5.41, 5.74) is 2.56. The first-order valence-corrected chi connectivity index (χ1v) is 11.3. The van der Waals surface area contributed by atoms with E-state index in [1.165, 1.54) is 19.2 Å². The third-order valence-electron chi connectivity index (χ3n) is 5.36. The molecule has 188 valence electrons. The maximum Gasteiger partial charge on any atom is 0.360 e. The summed E-state index contributed by atoms with van der Waals surface area (Å²) in [6, 6.07) is 16.5. The highest BCUT2D eigenvalue weighted by Gasteiger charge is 2.24. The first-order valence-electron chi connectivity index (χ1n) is 11.3. The van der Waals surface area contributed by atoms with Crippen LogP contribution >= 0.6 is 0 Å². The Balaban J connectivity index is 1.81. The van der Waals surface area contributed by atoms with Crippen LogP contribution in [0.15, 0.2) is 66.9 Å². The first kappa shape index (κ1) is 25.2. The van der Waals surface area contributed by atoms with Crippen LogP contribution in [-0.4, -0.2) is 41.9 Å². The largest absolute Gasteiger partial charge is 0.484 e. The highest BCUT2D eigenvalue weighted by Crippen LogP contribution is 2.34. The van der Waals surface area contributed by atoms with Crippen molar-refractivity contribution in [1.29, 1.82) is 0 Å². The van der Waals surface area contributed by atoms with Crippen molar-refractivity contribution < 1.29 is 28.2 Å². The van der Waals surface area contributed by atoms with E-state index in [1.54, 1.807) is 24.4 Å². The zero-order valence-electron chi connectivity index (χ0n) is 19.9. The number of pyridine rings is 2. The Labute approximate surface area is 211 Å². The van der Waals surface area contributed by atoms with Crippen LogP contribution in [0.5, 0.6) is 5.75 Å². The first-order chi connectivity index (χ1) is 18.0. The van der Waals surface area contributed by atoms with Crippen LogP contribution in [-0.2, 0) is 22.6 Å². The van der Waals surface area contributed by atoms with E-state index in [1.807, 2.05) is 30.3 Å². The van der Waals surface area contributed by atoms with Gasteiger partial charge in [-0.15, -0.1) is 0 Å². The molecule has 2 N–H and O–H groups in total. The van der Waals surface area contributed by atoms with E-state index in [-0.39, 0.29) is 41.7 Å². The fourth-order valence-electron chi connectivity index (χ4n) is 3.62. The molecule has 0 radical (unpaired) electrons. The number of nitrogens with one attached hydrogen (secondary N) is 2. The maximum absolute atomic E-state index is 13.3. The average Bonchev–Trinajstić information content (AvgIpc) is 2.92. The van der Waals surface area contributed by atoms with Crippen molar-refractivity contribution in [3.63, 3.8) is 0 Å². The number of benzene rings is 2. The van der Waals surface area contributed by atoms with Crippen LogP contribution in [0.1, 0.15) is 27.2 Å². The van der Waals surface area contributed by atoms with Crippen molar-refractivity contribution in [3.8, 4) is 5.75 Å². The number of fused-ring (bicyclic) bond motifs is 1. The molecule has 9 nitrogen and oxygen atoms in total. The molecule has 0 saturated carbocycles. The van der Waals surface area contributed by atoms with Crippen molar-refractivity contribution in [2.75, 3.05) is 19.0 Å². The van der Waals surface area contributed by atoms with Gasteiger partial charge in [-0.25, -0.2) is 19.0 Å². The second-order valence-corrected chi connectivity index (χ2v) is 7.95. The van der Waals surface area contributed by atoms with Gasteiger partial charge in [0, 0.05) is 11.6 Å². The van der Waals surface area contributed by atoms with E-state index in [9.17, 15) is 18.8 Å². The minimum atomic E-state index is -0.779. The minimum Gasteiger partial charge on any atom is -0.484 e. The number of anilines is 1. The second kappa shape index (κ2) is 11.7. The SMILES string of the molecule is COC(=O)c1nc(NC(=O)NCC=O)c2cc(Cc3ccc(F)cc3)cnc2c1OCc1ccccc1. The lowest BCUT2D eigenvalue weighted by Crippen LogP contribution is -2.30. The molecule has 37 heavy (non-hydrogen) atoms. The number of hydrogen-bond acceptors (Lipinski definition) is 7. The fourth-order valence-corrected chi connectivity index (χ4v) is 3.62. The molecule has 0 bridgehead atoms. The molecule has 0 spiro atoms. The number of amides is 2. The number of ether oxygens (including phenoxy) is 2. The molecule has 2 aromatic heterocycles. The molecule has 0 saturated heterocycles. The number of aldehydes is 1. The second-order valence-electron chi connectivity index (χ2n) is 7.95. The molecular formula is C27H23FN4O5. The Morgan fingerprint density at radius 3 is 2.49 bits per heavy atom. The van der Waals surface area contributed by atoms with Crippen LogP contribution in [0, 0.1) is 5.82 Å². The van der Waals surface area contributed by atoms with Gasteiger partial charge < -0.3 is 19.6 Å². The van der Waals surface area contributed by atoms with E-state index >= 15 is 0 Å². The Bertz CT molecular complexity index is 1430. The Kier molecular flexibility index (Phi) is 7.99. The molecule has 2 heterocycles. The quantitative estimate of drug-likeness (QED) is 0.262. The molecule has 0 aliphatic carbocycles. The summed E-state index contributed by atoms with van der Waals surface area (Å²) in [5, 5.41) is 5.33. The summed E-state index contributed by atoms with van der Waals surface area (Å²) in [6.07, 6.45) is 2.57. The highest BCUT2D eigenvalue weighted by atomic mass is 19.1. The number of esters is 1. The van der Waals surface area contributed by atoms with Crippen LogP contribution in [0.25, 0.3) is 10.9 Å². The van der Waals surface area contributed by atoms with E-state index in [0.29, 0.717) is 18.1 Å². The number of urea groups is 1. The lowest BCUT2D eigenvalue weighted by molar-refractivity contribution is -0.107. The number of carbonyl (C=O) groups is 3. The summed E-state index contributed by atoms with van der Waals surface area (Å²) in [5.74, 6) is -0.997. The molecule has 0 unspecified atom stereocenters. The van der Waals surface area contributed by atoms with E-state index in [4.69, 9.17) is 9.47 Å². The Morgan fingerprint density at radius 2 is 1.78 bits per heavy atom. The van der Waals surface area contributed by atoms with E-state index < -0.39 is 12.0 Å². The van der Waals surface area contributed by atoms with Gasteiger partial charge in [0.25, 0.3) is 0 Å². The van der Waals surface area contributed by atoms with Gasteiger partial charge in [0.05, 0.1) is 13.7 Å². The van der Waals surface area contributed by atoms with Crippen molar-refractivity contribution in [2.45, 2.75) is 13.0 Å². The maximum atomic E-state index is 13.3. The van der Waals surface area contributed by atoms with Gasteiger partial charge in [-0.2, -0.15) is 0 Å². The van der Waals surface area contributed by atoms with Crippen LogP contribution in [0.4, 0.5) is 15.0 Å². The third kappa shape index (κ3) is 6.23. The lowest BCUT2D eigenvalue weighted by atomic mass is 10.0. The molecule has 4 rings (SSSR count). The van der Waals surface area contributed by atoms with Crippen LogP contribution in [0.2, 0.25) is 0 Å². The summed E-state index contributed by atoms with van der Waals surface area (Å²) in [6.45, 7) is -0.0762. The number of hydrogen-bond donors (Lipinski definition) is 2. The predicted octanol–water partition coefficient (Wildman–Crippen LogP) is 4.05. The van der Waals surface area contributed by atoms with Crippen molar-refractivity contribution in [1.82, 2.24) is 15.3 Å². The number of rotatable bonds is 9. The summed E-state index contributed by atoms with van der Waals surface area (Å²) < 4.78 is 24.2. The van der Waals surface area contributed by atoms with Gasteiger partial charge in [0.15, 0.2) is 11.4 Å². The molecule has 0 fully saturated rings. The van der Waals surface area contributed by atoms with E-state index in [0.717, 1.165) is 16.7 Å². The molecule has 2 amide bonds. The average molecular weight is 503 g/mol. The molecule has 4 aromatic rings. The molecular weight excluding hydrogens is 479 g/mol. The zero-order chi connectivity index (χ0) is 26.2. The highest BCUT2D eigenvalue weighted by molar-refractivity contribution is 6.05. The normalized spacial score (nSPS) is 10.5. The number of nitrogens with zero attached hydrogens (tertiary/aromatic N) is 2. The van der Waals surface area contributed by atoms with E-state index in [2.05, 4.69) is 20.6 Å². The Hall–Kier alpha value is -4.86. The van der Waals surface area contributed by atoms with Gasteiger partial charge in [-0.3, -0.25) is 10.3 Å². The van der Waals surface area contributed by atoms with Crippen molar-refractivity contribution >= 4 is 35.0 Å². The van der Waals surface area contributed by atoms with Gasteiger partial charge in [0.2, 0.25) is 0 Å². The van der Waals surface area contributed by atoms with Gasteiger partial charge >= 0.3 is 12.0 Å². The zero-order valence-corrected chi connectivity index (χ0v) is 19.9. The lowest BCUT2D eigenvalue weighted by Gasteiger charge is -2.16. The standard InChI is InChI=1S/C27H23FN4O5/c1-36-26(34)23-24(37-16-18-5-3-2-4-6-18)22-21(25(31-23)32-27(35)29-11-12-33)14-19(15-30-22)13-17-7-9-20(28)10-8-17/h2-10,12,14-15H,11,13,16H2,1H3,(H2,29,31,32,35). The predicted molar refractivity (Wildman–Crippen MR) is 134 cm³/mol. The molecule has 2 aromatic carbocycles. The van der Waals surface area contributed by atoms with Gasteiger partial charge in [-0.1, -0.05) is 42.5 Å². The van der Waals surface area contributed by atoms with Gasteiger partial charge in [-0.05, 0) is 41.3 Å². The van der Waals surface area contributed by atoms with Gasteiger partial charge in [0.1, 0.15) is 30.0 Å². The third-order valence-corrected chi connectivity index (χ3v) is 5.36. The summed E-state index contributed by atoms with van der Waals surface area (Å²) >= 11 is 0. The summed E-state index contributed by atoms with van der Waals surface area (Å²) in [4.78, 5) is 44.5. The number of methoxy groups -OCH3 is 1. The topological polar surface area (TPSA) is 120 Å². The molecule has 10 heteroatoms.